The van der Waals surface area contributed by atoms with Gasteiger partial charge in [0.15, 0.2) is 6.10 Å². The summed E-state index contributed by atoms with van der Waals surface area (Å²) in [4.78, 5) is 32.5. The smallest absolute Gasteiger partial charge is 0.345 e. The molecule has 112 valence electrons. The summed E-state index contributed by atoms with van der Waals surface area (Å²) in [5.74, 6) is -0.643. The van der Waals surface area contributed by atoms with E-state index in [1.165, 1.54) is 0 Å². The number of nitrogens with one attached hydrogen (secondary N) is 1. The Morgan fingerprint density at radius 1 is 1.43 bits per heavy atom. The molecule has 0 aliphatic carbocycles. The molecule has 1 heterocycles. The van der Waals surface area contributed by atoms with E-state index in [0.717, 1.165) is 5.56 Å². The zero-order chi connectivity index (χ0) is 15.4. The number of fused-ring (bicyclic) bond motifs is 1. The molecule has 0 fully saturated rings. The topological polar surface area (TPSA) is 128 Å². The van der Waals surface area contributed by atoms with Crippen molar-refractivity contribution in [1.82, 2.24) is 5.32 Å². The fourth-order valence-electron chi connectivity index (χ4n) is 1.90. The van der Waals surface area contributed by atoms with Gasteiger partial charge < -0.3 is 20.3 Å². The van der Waals surface area contributed by atoms with Crippen molar-refractivity contribution in [3.05, 3.63) is 23.8 Å². The maximum absolute atomic E-state index is 11.2. The number of imide groups is 1. The van der Waals surface area contributed by atoms with Crippen molar-refractivity contribution in [2.75, 3.05) is 6.61 Å². The lowest BCUT2D eigenvalue weighted by Crippen LogP contribution is -2.35. The van der Waals surface area contributed by atoms with Gasteiger partial charge in [0.05, 0.1) is 13.0 Å². The number of amides is 3. The minimum absolute atomic E-state index is 0.0291. The normalized spacial score (nSPS) is 15.7. The number of hydrogen-bond acceptors (Lipinski definition) is 5. The number of hydrogen-bond donors (Lipinski definition) is 3. The van der Waals surface area contributed by atoms with Crippen molar-refractivity contribution >= 4 is 17.9 Å². The van der Waals surface area contributed by atoms with E-state index >= 15 is 0 Å². The van der Waals surface area contributed by atoms with Crippen LogP contribution >= 0.6 is 0 Å². The first-order chi connectivity index (χ1) is 9.95. The number of benzene rings is 1. The summed E-state index contributed by atoms with van der Waals surface area (Å²) >= 11 is 0. The number of nitrogens with two attached hydrogens (primary N) is 1. The zero-order valence-electron chi connectivity index (χ0n) is 11.0. The second-order valence-electron chi connectivity index (χ2n) is 4.43. The summed E-state index contributed by atoms with van der Waals surface area (Å²) in [6.07, 6.45) is -0.596. The quantitative estimate of drug-likeness (QED) is 0.703. The molecule has 0 bridgehead atoms. The van der Waals surface area contributed by atoms with E-state index in [1.54, 1.807) is 18.2 Å². The molecule has 0 aromatic heterocycles. The molecular weight excluding hydrogens is 280 g/mol. The second-order valence-corrected chi connectivity index (χ2v) is 4.43. The van der Waals surface area contributed by atoms with Crippen LogP contribution in [0.5, 0.6) is 11.5 Å². The van der Waals surface area contributed by atoms with Crippen LogP contribution in [-0.4, -0.2) is 35.7 Å². The third-order valence-electron chi connectivity index (χ3n) is 2.85. The zero-order valence-corrected chi connectivity index (χ0v) is 11.0. The van der Waals surface area contributed by atoms with Crippen LogP contribution in [0.3, 0.4) is 0 Å². The first-order valence-corrected chi connectivity index (χ1v) is 6.20. The van der Waals surface area contributed by atoms with E-state index in [-0.39, 0.29) is 13.0 Å². The highest BCUT2D eigenvalue weighted by Gasteiger charge is 2.28. The first kappa shape index (κ1) is 14.6. The van der Waals surface area contributed by atoms with Crippen LogP contribution in [0.15, 0.2) is 18.2 Å². The highest BCUT2D eigenvalue weighted by Crippen LogP contribution is 2.32. The Labute approximate surface area is 119 Å². The summed E-state index contributed by atoms with van der Waals surface area (Å²) < 4.78 is 10.6. The average molecular weight is 294 g/mol. The van der Waals surface area contributed by atoms with Crippen LogP contribution in [-0.2, 0) is 16.0 Å². The van der Waals surface area contributed by atoms with Crippen LogP contribution in [0.1, 0.15) is 12.0 Å². The van der Waals surface area contributed by atoms with Gasteiger partial charge in [-0.2, -0.15) is 0 Å². The van der Waals surface area contributed by atoms with Crippen molar-refractivity contribution in [2.45, 2.75) is 18.9 Å². The lowest BCUT2D eigenvalue weighted by molar-refractivity contribution is -0.144. The number of carbonyl (C=O) groups is 3. The summed E-state index contributed by atoms with van der Waals surface area (Å²) in [5.41, 5.74) is 5.59. The van der Waals surface area contributed by atoms with Crippen LogP contribution in [0, 0.1) is 0 Å². The van der Waals surface area contributed by atoms with Crippen LogP contribution in [0.4, 0.5) is 4.79 Å². The molecule has 0 saturated heterocycles. The number of ether oxygens (including phenoxy) is 2. The number of aliphatic carboxylic acids is 1. The number of carboxylic acid groups (broad SMARTS) is 1. The lowest BCUT2D eigenvalue weighted by atomic mass is 10.1. The molecule has 3 amide bonds. The average Bonchev–Trinajstić information content (AvgIpc) is 2.81. The molecule has 0 saturated carbocycles. The van der Waals surface area contributed by atoms with Crippen molar-refractivity contribution < 1.29 is 29.0 Å². The molecule has 2 rings (SSSR count). The Morgan fingerprint density at radius 2 is 2.19 bits per heavy atom. The molecule has 0 spiro atoms. The highest BCUT2D eigenvalue weighted by atomic mass is 16.5. The van der Waals surface area contributed by atoms with Crippen LogP contribution in [0.2, 0.25) is 0 Å². The van der Waals surface area contributed by atoms with Gasteiger partial charge in [0, 0.05) is 12.5 Å². The first-order valence-electron chi connectivity index (χ1n) is 6.20. The van der Waals surface area contributed by atoms with Gasteiger partial charge in [0.2, 0.25) is 5.91 Å². The molecule has 1 aliphatic rings. The molecule has 8 nitrogen and oxygen atoms in total. The van der Waals surface area contributed by atoms with Crippen LogP contribution < -0.4 is 20.5 Å². The third kappa shape index (κ3) is 3.85. The number of rotatable bonds is 5. The summed E-state index contributed by atoms with van der Waals surface area (Å²) in [5, 5.41) is 10.8. The van der Waals surface area contributed by atoms with Gasteiger partial charge >= 0.3 is 12.0 Å². The van der Waals surface area contributed by atoms with Gasteiger partial charge in [-0.25, -0.2) is 9.59 Å². The van der Waals surface area contributed by atoms with E-state index in [9.17, 15) is 14.4 Å². The summed E-state index contributed by atoms with van der Waals surface area (Å²) in [7, 11) is 0. The van der Waals surface area contributed by atoms with Gasteiger partial charge in [-0.1, -0.05) is 6.07 Å². The molecule has 0 radical (unpaired) electrons. The minimum Gasteiger partial charge on any atom is -0.493 e. The molecule has 4 N–H and O–H groups in total. The van der Waals surface area contributed by atoms with Crippen molar-refractivity contribution in [3.8, 4) is 11.5 Å². The SMILES string of the molecule is NC(=O)NC(=O)CCOc1ccc2c(c1)OC(C(=O)O)C2. The molecule has 1 aromatic carbocycles. The Morgan fingerprint density at radius 3 is 2.86 bits per heavy atom. The maximum atomic E-state index is 11.2. The van der Waals surface area contributed by atoms with E-state index in [1.807, 2.05) is 5.32 Å². The lowest BCUT2D eigenvalue weighted by Gasteiger charge is -2.08. The molecule has 1 atom stereocenters. The van der Waals surface area contributed by atoms with Gasteiger partial charge in [0.1, 0.15) is 11.5 Å². The monoisotopic (exact) mass is 294 g/mol. The van der Waals surface area contributed by atoms with Crippen molar-refractivity contribution in [3.63, 3.8) is 0 Å². The predicted octanol–water partition coefficient (Wildman–Crippen LogP) is 0.0385. The van der Waals surface area contributed by atoms with E-state index in [4.69, 9.17) is 20.3 Å². The molecule has 1 unspecified atom stereocenters. The van der Waals surface area contributed by atoms with E-state index in [0.29, 0.717) is 17.9 Å². The number of carboxylic acids is 1. The second kappa shape index (κ2) is 6.12. The molecular formula is C13H14N2O6. The highest BCUT2D eigenvalue weighted by molar-refractivity contribution is 5.93. The van der Waals surface area contributed by atoms with Gasteiger partial charge in [0.25, 0.3) is 0 Å². The maximum Gasteiger partial charge on any atom is 0.345 e. The van der Waals surface area contributed by atoms with Gasteiger partial charge in [-0.15, -0.1) is 0 Å². The number of urea groups is 1. The molecule has 21 heavy (non-hydrogen) atoms. The largest absolute Gasteiger partial charge is 0.493 e. The number of primary amides is 1. The molecule has 8 heteroatoms. The predicted molar refractivity (Wildman–Crippen MR) is 70.0 cm³/mol. The fourth-order valence-corrected chi connectivity index (χ4v) is 1.90. The Bertz CT molecular complexity index is 586. The van der Waals surface area contributed by atoms with Gasteiger partial charge in [-0.3, -0.25) is 10.1 Å². The standard InChI is InChI=1S/C13H14N2O6/c14-13(19)15-11(16)3-4-20-8-2-1-7-5-10(12(17)18)21-9(7)6-8/h1-2,6,10H,3-5H2,(H,17,18)(H3,14,15,16,19). The van der Waals surface area contributed by atoms with Crippen molar-refractivity contribution in [1.29, 1.82) is 0 Å². The summed E-state index contributed by atoms with van der Waals surface area (Å²) in [6, 6.07) is 4.05. The van der Waals surface area contributed by atoms with Gasteiger partial charge in [-0.05, 0) is 11.6 Å². The number of carbonyl (C=O) groups excluding carboxylic acids is 2. The van der Waals surface area contributed by atoms with Crippen LogP contribution in [0.25, 0.3) is 0 Å². The molecule has 1 aliphatic heterocycles. The minimum atomic E-state index is -1.02. The van der Waals surface area contributed by atoms with E-state index in [2.05, 4.69) is 0 Å². The fraction of sp³-hybridized carbons (Fsp3) is 0.308. The Hall–Kier alpha value is -2.77. The summed E-state index contributed by atoms with van der Waals surface area (Å²) in [6.45, 7) is 0.0558. The third-order valence-corrected chi connectivity index (χ3v) is 2.85. The molecule has 1 aromatic rings. The van der Waals surface area contributed by atoms with Crippen molar-refractivity contribution in [2.24, 2.45) is 5.73 Å². The van der Waals surface area contributed by atoms with E-state index < -0.39 is 24.0 Å². The Balaban J connectivity index is 1.87. The Kier molecular flexibility index (Phi) is 4.27.